The van der Waals surface area contributed by atoms with Crippen molar-refractivity contribution < 1.29 is 19.0 Å². The first-order valence-corrected chi connectivity index (χ1v) is 10.2. The van der Waals surface area contributed by atoms with Crippen LogP contribution in [0.3, 0.4) is 0 Å². The topological polar surface area (TPSA) is 60.0 Å². The van der Waals surface area contributed by atoms with Gasteiger partial charge in [0.1, 0.15) is 0 Å². The van der Waals surface area contributed by atoms with Gasteiger partial charge in [-0.3, -0.25) is 0 Å². The molecular formula is C23H26N2O4. The Balaban J connectivity index is 1.33. The fourth-order valence-corrected chi connectivity index (χ4v) is 4.88. The van der Waals surface area contributed by atoms with Crippen molar-refractivity contribution in [2.24, 2.45) is 5.41 Å². The van der Waals surface area contributed by atoms with E-state index >= 15 is 0 Å². The zero-order valence-electron chi connectivity index (χ0n) is 16.6. The molecule has 0 bridgehead atoms. The third-order valence-electron chi connectivity index (χ3n) is 6.48. The maximum absolute atomic E-state index is 13.1. The lowest BCUT2D eigenvalue weighted by atomic mass is 9.74. The Labute approximate surface area is 170 Å². The van der Waals surface area contributed by atoms with Crippen molar-refractivity contribution in [1.82, 2.24) is 10.2 Å². The number of nitrogens with one attached hydrogen (secondary N) is 1. The van der Waals surface area contributed by atoms with Crippen molar-refractivity contribution >= 4 is 6.03 Å². The summed E-state index contributed by atoms with van der Waals surface area (Å²) in [5.74, 6) is 1.49. The highest BCUT2D eigenvalue weighted by Gasteiger charge is 2.47. The molecule has 152 valence electrons. The van der Waals surface area contributed by atoms with Crippen LogP contribution in [0, 0.1) is 5.41 Å². The van der Waals surface area contributed by atoms with Crippen LogP contribution in [0.1, 0.15) is 35.6 Å². The third-order valence-corrected chi connectivity index (χ3v) is 6.48. The molecule has 1 saturated heterocycles. The van der Waals surface area contributed by atoms with Gasteiger partial charge in [-0.05, 0) is 48.1 Å². The number of nitrogens with zero attached hydrogens (tertiary/aromatic N) is 1. The lowest BCUT2D eigenvalue weighted by molar-refractivity contribution is 0.00140. The molecule has 2 heterocycles. The Hall–Kier alpha value is -2.73. The zero-order chi connectivity index (χ0) is 19.8. The zero-order valence-corrected chi connectivity index (χ0v) is 16.6. The first-order chi connectivity index (χ1) is 14.1. The monoisotopic (exact) mass is 394 g/mol. The predicted molar refractivity (Wildman–Crippen MR) is 108 cm³/mol. The summed E-state index contributed by atoms with van der Waals surface area (Å²) in [5, 5.41) is 3.34. The first kappa shape index (κ1) is 18.3. The quantitative estimate of drug-likeness (QED) is 0.863. The minimum absolute atomic E-state index is 0.0225. The van der Waals surface area contributed by atoms with Gasteiger partial charge in [-0.2, -0.15) is 0 Å². The number of amides is 2. The predicted octanol–water partition coefficient (Wildman–Crippen LogP) is 3.65. The molecule has 0 aromatic heterocycles. The molecule has 6 heteroatoms. The van der Waals surface area contributed by atoms with Crippen molar-refractivity contribution in [2.45, 2.75) is 31.8 Å². The SMILES string of the molecule is CN(Cc1ccc2c(c1)OCO2)C(=O)NC1c2ccccc2CC12CCOCC2. The summed E-state index contributed by atoms with van der Waals surface area (Å²) >= 11 is 0. The van der Waals surface area contributed by atoms with Crippen LogP contribution in [-0.2, 0) is 17.7 Å². The molecule has 2 aliphatic heterocycles. The van der Waals surface area contributed by atoms with E-state index in [0.717, 1.165) is 49.5 Å². The fraction of sp³-hybridized carbons (Fsp3) is 0.435. The highest BCUT2D eigenvalue weighted by Crippen LogP contribution is 2.51. The Bertz CT molecular complexity index is 923. The summed E-state index contributed by atoms with van der Waals surface area (Å²) in [4.78, 5) is 14.8. The van der Waals surface area contributed by atoms with Crippen LogP contribution >= 0.6 is 0 Å². The number of carbonyl (C=O) groups is 1. The van der Waals surface area contributed by atoms with Gasteiger partial charge in [0.15, 0.2) is 11.5 Å². The van der Waals surface area contributed by atoms with E-state index in [9.17, 15) is 4.79 Å². The number of urea groups is 1. The molecule has 1 spiro atoms. The maximum Gasteiger partial charge on any atom is 0.317 e. The third kappa shape index (κ3) is 3.31. The van der Waals surface area contributed by atoms with Crippen molar-refractivity contribution in [3.8, 4) is 11.5 Å². The molecule has 1 aliphatic carbocycles. The molecule has 29 heavy (non-hydrogen) atoms. The standard InChI is InChI=1S/C23H26N2O4/c1-25(14-16-6-7-19-20(12-16)29-15-28-19)22(26)24-21-18-5-3-2-4-17(18)13-23(21)8-10-27-11-9-23/h2-7,12,21H,8-11,13-15H2,1H3,(H,24,26). The second-order valence-corrected chi connectivity index (χ2v) is 8.28. The molecule has 0 radical (unpaired) electrons. The highest BCUT2D eigenvalue weighted by atomic mass is 16.7. The summed E-state index contributed by atoms with van der Waals surface area (Å²) in [7, 11) is 1.83. The Morgan fingerprint density at radius 2 is 1.93 bits per heavy atom. The second-order valence-electron chi connectivity index (χ2n) is 8.28. The minimum atomic E-state index is -0.0600. The van der Waals surface area contributed by atoms with Gasteiger partial charge < -0.3 is 24.4 Å². The average molecular weight is 394 g/mol. The van der Waals surface area contributed by atoms with Crippen LogP contribution in [0.5, 0.6) is 11.5 Å². The molecule has 0 saturated carbocycles. The van der Waals surface area contributed by atoms with E-state index in [1.807, 2.05) is 25.2 Å². The second kappa shape index (κ2) is 7.26. The summed E-state index contributed by atoms with van der Waals surface area (Å²) in [6.45, 7) is 2.27. The van der Waals surface area contributed by atoms with Gasteiger partial charge in [-0.15, -0.1) is 0 Å². The molecule has 6 nitrogen and oxygen atoms in total. The number of hydrogen-bond donors (Lipinski definition) is 1. The van der Waals surface area contributed by atoms with E-state index < -0.39 is 0 Å². The highest BCUT2D eigenvalue weighted by molar-refractivity contribution is 5.75. The fourth-order valence-electron chi connectivity index (χ4n) is 4.88. The van der Waals surface area contributed by atoms with Crippen LogP contribution in [-0.4, -0.2) is 38.0 Å². The van der Waals surface area contributed by atoms with Crippen molar-refractivity contribution in [2.75, 3.05) is 27.1 Å². The number of ether oxygens (including phenoxy) is 3. The lowest BCUT2D eigenvalue weighted by Crippen LogP contribution is -2.46. The maximum atomic E-state index is 13.1. The summed E-state index contributed by atoms with van der Waals surface area (Å²) < 4.78 is 16.4. The molecule has 2 aromatic carbocycles. The number of fused-ring (bicyclic) bond motifs is 2. The number of carbonyl (C=O) groups excluding carboxylic acids is 1. The average Bonchev–Trinajstić information content (AvgIpc) is 3.31. The molecule has 1 fully saturated rings. The van der Waals surface area contributed by atoms with Gasteiger partial charge in [0, 0.05) is 32.2 Å². The van der Waals surface area contributed by atoms with Crippen molar-refractivity contribution in [3.05, 3.63) is 59.2 Å². The minimum Gasteiger partial charge on any atom is -0.454 e. The Kier molecular flexibility index (Phi) is 4.59. The van der Waals surface area contributed by atoms with Crippen LogP contribution in [0.15, 0.2) is 42.5 Å². The van der Waals surface area contributed by atoms with Gasteiger partial charge in [0.25, 0.3) is 0 Å². The Morgan fingerprint density at radius 3 is 2.79 bits per heavy atom. The molecule has 1 unspecified atom stereocenters. The normalized spacial score (nSPS) is 21.1. The van der Waals surface area contributed by atoms with Gasteiger partial charge in [0.2, 0.25) is 6.79 Å². The molecule has 5 rings (SSSR count). The van der Waals surface area contributed by atoms with Crippen LogP contribution in [0.4, 0.5) is 4.79 Å². The molecule has 3 aliphatic rings. The smallest absolute Gasteiger partial charge is 0.317 e. The molecular weight excluding hydrogens is 368 g/mol. The molecule has 1 N–H and O–H groups in total. The van der Waals surface area contributed by atoms with E-state index in [-0.39, 0.29) is 24.3 Å². The molecule has 2 amide bonds. The van der Waals surface area contributed by atoms with E-state index in [1.165, 1.54) is 11.1 Å². The van der Waals surface area contributed by atoms with Crippen LogP contribution in [0.2, 0.25) is 0 Å². The lowest BCUT2D eigenvalue weighted by Gasteiger charge is -2.40. The van der Waals surface area contributed by atoms with Gasteiger partial charge in [0.05, 0.1) is 6.04 Å². The van der Waals surface area contributed by atoms with E-state index in [4.69, 9.17) is 14.2 Å². The Morgan fingerprint density at radius 1 is 1.14 bits per heavy atom. The van der Waals surface area contributed by atoms with Gasteiger partial charge in [-0.25, -0.2) is 4.79 Å². The van der Waals surface area contributed by atoms with Crippen molar-refractivity contribution in [3.63, 3.8) is 0 Å². The van der Waals surface area contributed by atoms with Crippen molar-refractivity contribution in [1.29, 1.82) is 0 Å². The van der Waals surface area contributed by atoms with Crippen LogP contribution < -0.4 is 14.8 Å². The first-order valence-electron chi connectivity index (χ1n) is 10.2. The summed E-state index contributed by atoms with van der Waals surface area (Å²) in [6, 6.07) is 14.3. The number of rotatable bonds is 3. The van der Waals surface area contributed by atoms with Gasteiger partial charge >= 0.3 is 6.03 Å². The van der Waals surface area contributed by atoms with E-state index in [0.29, 0.717) is 6.54 Å². The largest absolute Gasteiger partial charge is 0.454 e. The van der Waals surface area contributed by atoms with E-state index in [2.05, 4.69) is 29.6 Å². The van der Waals surface area contributed by atoms with Crippen LogP contribution in [0.25, 0.3) is 0 Å². The molecule has 1 atom stereocenters. The molecule has 2 aromatic rings. The summed E-state index contributed by atoms with van der Waals surface area (Å²) in [6.07, 6.45) is 2.94. The number of hydrogen-bond acceptors (Lipinski definition) is 4. The van der Waals surface area contributed by atoms with E-state index in [1.54, 1.807) is 4.90 Å². The van der Waals surface area contributed by atoms with Gasteiger partial charge in [-0.1, -0.05) is 30.3 Å². The summed E-state index contributed by atoms with van der Waals surface area (Å²) in [5.41, 5.74) is 3.66. The number of benzene rings is 2.